The molecule has 0 spiro atoms. The number of amides is 3. The Morgan fingerprint density at radius 2 is 1.75 bits per heavy atom. The molecule has 8 heteroatoms. The van der Waals surface area contributed by atoms with Gasteiger partial charge in [-0.1, -0.05) is 0 Å². The van der Waals surface area contributed by atoms with Crippen molar-refractivity contribution in [2.24, 2.45) is 0 Å². The van der Waals surface area contributed by atoms with Crippen molar-refractivity contribution in [3.63, 3.8) is 0 Å². The minimum absolute atomic E-state index is 0.0376. The van der Waals surface area contributed by atoms with Crippen molar-refractivity contribution in [3.8, 4) is 0 Å². The quantitative estimate of drug-likeness (QED) is 0.885. The normalized spacial score (nSPS) is 15.0. The predicted octanol–water partition coefficient (Wildman–Crippen LogP) is 0.775. The summed E-state index contributed by atoms with van der Waals surface area (Å²) < 4.78 is 26.4. The van der Waals surface area contributed by atoms with Crippen LogP contribution in [0, 0.1) is 11.6 Å². The van der Waals surface area contributed by atoms with Gasteiger partial charge in [0.1, 0.15) is 11.6 Å². The number of benzene rings is 1. The van der Waals surface area contributed by atoms with Crippen molar-refractivity contribution in [1.29, 1.82) is 0 Å². The van der Waals surface area contributed by atoms with Crippen LogP contribution >= 0.6 is 0 Å². The number of carbonyl (C=O) groups excluding carboxylic acids is 3. The predicted molar refractivity (Wildman–Crippen MR) is 82.1 cm³/mol. The summed E-state index contributed by atoms with van der Waals surface area (Å²) in [6.07, 6.45) is 0.659. The third-order valence-electron chi connectivity index (χ3n) is 3.87. The van der Waals surface area contributed by atoms with Gasteiger partial charge in [0.15, 0.2) is 0 Å². The number of carbonyl (C=O) groups is 3. The van der Waals surface area contributed by atoms with Crippen LogP contribution < -0.4 is 5.32 Å². The summed E-state index contributed by atoms with van der Waals surface area (Å²) in [5, 5.41) is 2.34. The van der Waals surface area contributed by atoms with Crippen LogP contribution in [0.15, 0.2) is 18.2 Å². The minimum atomic E-state index is -0.980. The summed E-state index contributed by atoms with van der Waals surface area (Å²) in [5.41, 5.74) is -0.317. The summed E-state index contributed by atoms with van der Waals surface area (Å²) in [5.74, 6) is -2.88. The van der Waals surface area contributed by atoms with Crippen molar-refractivity contribution in [2.75, 3.05) is 32.7 Å². The molecule has 1 aliphatic rings. The first-order chi connectivity index (χ1) is 11.4. The van der Waals surface area contributed by atoms with Gasteiger partial charge >= 0.3 is 0 Å². The van der Waals surface area contributed by atoms with Crippen molar-refractivity contribution in [2.45, 2.75) is 13.3 Å². The molecule has 0 aromatic heterocycles. The van der Waals surface area contributed by atoms with E-state index in [1.165, 1.54) is 6.92 Å². The number of halogens is 2. The lowest BCUT2D eigenvalue weighted by atomic mass is 10.2. The zero-order valence-electron chi connectivity index (χ0n) is 13.3. The smallest absolute Gasteiger partial charge is 0.254 e. The molecule has 0 unspecified atom stereocenters. The number of nitrogens with zero attached hydrogens (tertiary/aromatic N) is 2. The third-order valence-corrected chi connectivity index (χ3v) is 3.87. The summed E-state index contributed by atoms with van der Waals surface area (Å²) >= 11 is 0. The van der Waals surface area contributed by atoms with E-state index in [9.17, 15) is 23.2 Å². The molecule has 130 valence electrons. The van der Waals surface area contributed by atoms with Gasteiger partial charge in [0.2, 0.25) is 11.8 Å². The maximum atomic E-state index is 13.5. The van der Waals surface area contributed by atoms with E-state index in [0.717, 1.165) is 12.1 Å². The van der Waals surface area contributed by atoms with E-state index in [-0.39, 0.29) is 23.9 Å². The van der Waals surface area contributed by atoms with E-state index in [4.69, 9.17) is 0 Å². The molecule has 3 amide bonds. The molecule has 0 aliphatic carbocycles. The molecule has 1 aromatic rings. The molecule has 1 fully saturated rings. The zero-order chi connectivity index (χ0) is 17.7. The lowest BCUT2D eigenvalue weighted by molar-refractivity contribution is -0.131. The van der Waals surface area contributed by atoms with Crippen LogP contribution in [0.4, 0.5) is 8.78 Å². The SMILES string of the molecule is CC(=O)N1CCCN(C(=O)CNC(=O)c2ccc(F)cc2F)CC1. The minimum Gasteiger partial charge on any atom is -0.343 e. The molecular formula is C16H19F2N3O3. The first-order valence-corrected chi connectivity index (χ1v) is 7.65. The fourth-order valence-corrected chi connectivity index (χ4v) is 2.52. The highest BCUT2D eigenvalue weighted by Gasteiger charge is 2.21. The topological polar surface area (TPSA) is 69.7 Å². The van der Waals surface area contributed by atoms with Gasteiger partial charge < -0.3 is 15.1 Å². The lowest BCUT2D eigenvalue weighted by Crippen LogP contribution is -2.42. The van der Waals surface area contributed by atoms with Crippen LogP contribution in [0.5, 0.6) is 0 Å². The molecule has 1 aliphatic heterocycles. The van der Waals surface area contributed by atoms with E-state index in [1.54, 1.807) is 9.80 Å². The highest BCUT2D eigenvalue weighted by Crippen LogP contribution is 2.09. The van der Waals surface area contributed by atoms with Gasteiger partial charge in [-0.2, -0.15) is 0 Å². The van der Waals surface area contributed by atoms with Crippen molar-refractivity contribution < 1.29 is 23.2 Å². The molecular weight excluding hydrogens is 320 g/mol. The van der Waals surface area contributed by atoms with Crippen molar-refractivity contribution >= 4 is 17.7 Å². The number of nitrogens with one attached hydrogen (secondary N) is 1. The molecule has 2 rings (SSSR count). The number of hydrogen-bond acceptors (Lipinski definition) is 3. The van der Waals surface area contributed by atoms with Crippen LogP contribution in [0.1, 0.15) is 23.7 Å². The first-order valence-electron chi connectivity index (χ1n) is 7.65. The average molecular weight is 339 g/mol. The second-order valence-electron chi connectivity index (χ2n) is 5.55. The van der Waals surface area contributed by atoms with Gasteiger partial charge in [-0.05, 0) is 18.6 Å². The number of rotatable bonds is 3. The van der Waals surface area contributed by atoms with Crippen molar-refractivity contribution in [3.05, 3.63) is 35.4 Å². The van der Waals surface area contributed by atoms with Crippen LogP contribution in [0.2, 0.25) is 0 Å². The summed E-state index contributed by atoms with van der Waals surface area (Å²) in [6, 6.07) is 2.62. The second kappa shape index (κ2) is 7.85. The molecule has 0 bridgehead atoms. The van der Waals surface area contributed by atoms with Gasteiger partial charge in [-0.15, -0.1) is 0 Å². The third kappa shape index (κ3) is 4.50. The van der Waals surface area contributed by atoms with Gasteiger partial charge in [-0.3, -0.25) is 14.4 Å². The van der Waals surface area contributed by atoms with Crippen LogP contribution in [-0.4, -0.2) is 60.2 Å². The lowest BCUT2D eigenvalue weighted by Gasteiger charge is -2.21. The molecule has 1 aromatic carbocycles. The Bertz CT molecular complexity index is 651. The summed E-state index contributed by atoms with van der Waals surface area (Å²) in [6.45, 7) is 3.11. The van der Waals surface area contributed by atoms with E-state index in [2.05, 4.69) is 5.32 Å². The van der Waals surface area contributed by atoms with Gasteiger partial charge in [0.05, 0.1) is 12.1 Å². The molecule has 1 heterocycles. The van der Waals surface area contributed by atoms with Gasteiger partial charge in [0.25, 0.3) is 5.91 Å². The van der Waals surface area contributed by atoms with E-state index in [1.807, 2.05) is 0 Å². The molecule has 1 N–H and O–H groups in total. The molecule has 0 saturated carbocycles. The maximum absolute atomic E-state index is 13.5. The Morgan fingerprint density at radius 3 is 2.42 bits per heavy atom. The first kappa shape index (κ1) is 17.8. The van der Waals surface area contributed by atoms with Crippen LogP contribution in [-0.2, 0) is 9.59 Å². The summed E-state index contributed by atoms with van der Waals surface area (Å²) in [7, 11) is 0. The Labute approximate surface area is 138 Å². The molecule has 0 radical (unpaired) electrons. The largest absolute Gasteiger partial charge is 0.343 e. The van der Waals surface area contributed by atoms with Gasteiger partial charge in [-0.25, -0.2) is 8.78 Å². The van der Waals surface area contributed by atoms with E-state index in [0.29, 0.717) is 38.7 Å². The summed E-state index contributed by atoms with van der Waals surface area (Å²) in [4.78, 5) is 38.6. The molecule has 1 saturated heterocycles. The average Bonchev–Trinajstić information content (AvgIpc) is 2.78. The fourth-order valence-electron chi connectivity index (χ4n) is 2.52. The van der Waals surface area contributed by atoms with E-state index >= 15 is 0 Å². The van der Waals surface area contributed by atoms with Crippen molar-refractivity contribution in [1.82, 2.24) is 15.1 Å². The Morgan fingerprint density at radius 1 is 1.08 bits per heavy atom. The van der Waals surface area contributed by atoms with Gasteiger partial charge in [0, 0.05) is 39.2 Å². The highest BCUT2D eigenvalue weighted by atomic mass is 19.1. The van der Waals surface area contributed by atoms with Crippen LogP contribution in [0.25, 0.3) is 0 Å². The number of hydrogen-bond donors (Lipinski definition) is 1. The molecule has 24 heavy (non-hydrogen) atoms. The zero-order valence-corrected chi connectivity index (χ0v) is 13.3. The van der Waals surface area contributed by atoms with E-state index < -0.39 is 17.5 Å². The molecule has 0 atom stereocenters. The van der Waals surface area contributed by atoms with Crippen LogP contribution in [0.3, 0.4) is 0 Å². The second-order valence-corrected chi connectivity index (χ2v) is 5.55. The monoisotopic (exact) mass is 339 g/mol. The Hall–Kier alpha value is -2.51. The Kier molecular flexibility index (Phi) is 5.83. The standard InChI is InChI=1S/C16H19F2N3O3/c1-11(22)20-5-2-6-21(8-7-20)15(23)10-19-16(24)13-4-3-12(17)9-14(13)18/h3-4,9H,2,5-8,10H2,1H3,(H,19,24). The fraction of sp³-hybridized carbons (Fsp3) is 0.438. The molecule has 6 nitrogen and oxygen atoms in total. The Balaban J connectivity index is 1.88. The maximum Gasteiger partial charge on any atom is 0.254 e. The highest BCUT2D eigenvalue weighted by molar-refractivity contribution is 5.96.